The molecule has 0 aromatic rings. The van der Waals surface area contributed by atoms with Gasteiger partial charge in [0, 0.05) is 39.3 Å². The lowest BCUT2D eigenvalue weighted by molar-refractivity contribution is 0.0157. The molecule has 1 saturated heterocycles. The fourth-order valence-electron chi connectivity index (χ4n) is 1.86. The highest BCUT2D eigenvalue weighted by Gasteiger charge is 2.22. The van der Waals surface area contributed by atoms with Crippen LogP contribution in [-0.4, -0.2) is 71.5 Å². The Hall–Kier alpha value is -0.160. The number of rotatable bonds is 4. The first-order valence-electron chi connectivity index (χ1n) is 5.29. The maximum Gasteiger partial charge on any atom is 0.0718 e. The predicted molar refractivity (Wildman–Crippen MR) is 56.3 cm³/mol. The molecule has 1 rings (SSSR count). The van der Waals surface area contributed by atoms with Crippen molar-refractivity contribution in [3.8, 4) is 0 Å². The Bertz CT molecular complexity index is 160. The molecule has 1 aliphatic heterocycles. The minimum absolute atomic E-state index is 0.242. The third kappa shape index (κ3) is 4.37. The average Bonchev–Trinajstić information content (AvgIpc) is 2.06. The molecule has 0 unspecified atom stereocenters. The number of piperazine rings is 1. The summed E-state index contributed by atoms with van der Waals surface area (Å²) in [6, 6.07) is 0. The molecule has 2 N–H and O–H groups in total. The molecule has 4 nitrogen and oxygen atoms in total. The summed E-state index contributed by atoms with van der Waals surface area (Å²) in [5.41, 5.74) is -0.598. The summed E-state index contributed by atoms with van der Waals surface area (Å²) in [7, 11) is 0. The van der Waals surface area contributed by atoms with Crippen molar-refractivity contribution in [2.45, 2.75) is 19.4 Å². The van der Waals surface area contributed by atoms with Crippen molar-refractivity contribution in [3.63, 3.8) is 0 Å². The van der Waals surface area contributed by atoms with Crippen LogP contribution in [0.3, 0.4) is 0 Å². The molecule has 0 bridgehead atoms. The summed E-state index contributed by atoms with van der Waals surface area (Å²) >= 11 is 0. The predicted octanol–water partition coefficient (Wildman–Crippen LogP) is -0.633. The van der Waals surface area contributed by atoms with Crippen LogP contribution < -0.4 is 0 Å². The first-order valence-corrected chi connectivity index (χ1v) is 5.29. The summed E-state index contributed by atoms with van der Waals surface area (Å²) in [5, 5.41) is 18.4. The molecule has 0 spiro atoms. The van der Waals surface area contributed by atoms with E-state index in [9.17, 15) is 5.11 Å². The largest absolute Gasteiger partial charge is 0.395 e. The molecule has 0 aliphatic carbocycles. The molecule has 14 heavy (non-hydrogen) atoms. The van der Waals surface area contributed by atoms with Crippen molar-refractivity contribution >= 4 is 0 Å². The highest BCUT2D eigenvalue weighted by Crippen LogP contribution is 2.08. The lowest BCUT2D eigenvalue weighted by Crippen LogP contribution is -2.50. The molecule has 1 fully saturated rings. The van der Waals surface area contributed by atoms with Gasteiger partial charge in [-0.3, -0.25) is 9.80 Å². The Morgan fingerprint density at radius 3 is 2.00 bits per heavy atom. The molecule has 4 heteroatoms. The van der Waals surface area contributed by atoms with Crippen molar-refractivity contribution < 1.29 is 10.2 Å². The van der Waals surface area contributed by atoms with Gasteiger partial charge in [0.15, 0.2) is 0 Å². The summed E-state index contributed by atoms with van der Waals surface area (Å²) in [4.78, 5) is 4.52. The van der Waals surface area contributed by atoms with Gasteiger partial charge in [-0.15, -0.1) is 0 Å². The van der Waals surface area contributed by atoms with Gasteiger partial charge in [0.2, 0.25) is 0 Å². The molecule has 84 valence electrons. The third-order valence-electron chi connectivity index (χ3n) is 2.49. The monoisotopic (exact) mass is 202 g/mol. The van der Waals surface area contributed by atoms with Gasteiger partial charge in [-0.25, -0.2) is 0 Å². The second kappa shape index (κ2) is 5.07. The topological polar surface area (TPSA) is 46.9 Å². The Morgan fingerprint density at radius 1 is 1.07 bits per heavy atom. The molecule has 1 aliphatic rings. The van der Waals surface area contributed by atoms with Crippen molar-refractivity contribution in [1.29, 1.82) is 0 Å². The third-order valence-corrected chi connectivity index (χ3v) is 2.49. The minimum Gasteiger partial charge on any atom is -0.395 e. The number of aliphatic hydroxyl groups excluding tert-OH is 1. The van der Waals surface area contributed by atoms with Crippen LogP contribution in [0.1, 0.15) is 13.8 Å². The Balaban J connectivity index is 2.22. The van der Waals surface area contributed by atoms with E-state index in [1.807, 2.05) is 13.8 Å². The standard InChI is InChI=1S/C10H22N2O2/c1-10(2,14)9-12-5-3-11(4-6-12)7-8-13/h13-14H,3-9H2,1-2H3. The van der Waals surface area contributed by atoms with E-state index >= 15 is 0 Å². The van der Waals surface area contributed by atoms with E-state index in [2.05, 4.69) is 9.80 Å². The lowest BCUT2D eigenvalue weighted by Gasteiger charge is -2.37. The molecule has 0 saturated carbocycles. The van der Waals surface area contributed by atoms with E-state index < -0.39 is 5.60 Å². The van der Waals surface area contributed by atoms with Crippen molar-refractivity contribution in [3.05, 3.63) is 0 Å². The van der Waals surface area contributed by atoms with Crippen molar-refractivity contribution in [1.82, 2.24) is 9.80 Å². The van der Waals surface area contributed by atoms with Gasteiger partial charge in [0.25, 0.3) is 0 Å². The first kappa shape index (κ1) is 11.9. The van der Waals surface area contributed by atoms with Crippen LogP contribution in [0, 0.1) is 0 Å². The van der Waals surface area contributed by atoms with E-state index in [1.54, 1.807) is 0 Å². The molecule has 0 atom stereocenters. The van der Waals surface area contributed by atoms with E-state index in [0.717, 1.165) is 39.3 Å². The van der Waals surface area contributed by atoms with E-state index in [-0.39, 0.29) is 6.61 Å². The maximum absolute atomic E-state index is 9.64. The van der Waals surface area contributed by atoms with Gasteiger partial charge in [0.05, 0.1) is 12.2 Å². The fourth-order valence-corrected chi connectivity index (χ4v) is 1.86. The molecule has 0 aromatic heterocycles. The summed E-state index contributed by atoms with van der Waals surface area (Å²) in [6.45, 7) is 9.41. The number of aliphatic hydroxyl groups is 2. The summed E-state index contributed by atoms with van der Waals surface area (Å²) in [6.07, 6.45) is 0. The van der Waals surface area contributed by atoms with E-state index in [4.69, 9.17) is 5.11 Å². The number of nitrogens with zero attached hydrogens (tertiary/aromatic N) is 2. The van der Waals surface area contributed by atoms with Crippen LogP contribution in [0.5, 0.6) is 0 Å². The fraction of sp³-hybridized carbons (Fsp3) is 1.00. The quantitative estimate of drug-likeness (QED) is 0.637. The van der Waals surface area contributed by atoms with Crippen molar-refractivity contribution in [2.75, 3.05) is 45.9 Å². The van der Waals surface area contributed by atoms with Crippen LogP contribution in [0.25, 0.3) is 0 Å². The lowest BCUT2D eigenvalue weighted by atomic mass is 10.1. The van der Waals surface area contributed by atoms with Gasteiger partial charge in [-0.05, 0) is 13.8 Å². The van der Waals surface area contributed by atoms with Gasteiger partial charge in [-0.1, -0.05) is 0 Å². The molecule has 1 heterocycles. The second-order valence-corrected chi connectivity index (χ2v) is 4.65. The zero-order valence-corrected chi connectivity index (χ0v) is 9.24. The first-order chi connectivity index (χ1) is 6.51. The summed E-state index contributed by atoms with van der Waals surface area (Å²) < 4.78 is 0. The molecular formula is C10H22N2O2. The minimum atomic E-state index is -0.598. The smallest absolute Gasteiger partial charge is 0.0718 e. The average molecular weight is 202 g/mol. The Kier molecular flexibility index (Phi) is 4.31. The second-order valence-electron chi connectivity index (χ2n) is 4.65. The van der Waals surface area contributed by atoms with E-state index in [0.29, 0.717) is 0 Å². The molecule has 0 amide bonds. The molecule has 0 aromatic carbocycles. The van der Waals surface area contributed by atoms with Crippen LogP contribution in [0.15, 0.2) is 0 Å². The highest BCUT2D eigenvalue weighted by atomic mass is 16.3. The molecular weight excluding hydrogens is 180 g/mol. The van der Waals surface area contributed by atoms with Crippen LogP contribution in [0.2, 0.25) is 0 Å². The summed E-state index contributed by atoms with van der Waals surface area (Å²) in [5.74, 6) is 0. The Morgan fingerprint density at radius 2 is 1.57 bits per heavy atom. The zero-order valence-electron chi connectivity index (χ0n) is 9.24. The zero-order chi connectivity index (χ0) is 10.6. The van der Waals surface area contributed by atoms with Crippen LogP contribution >= 0.6 is 0 Å². The maximum atomic E-state index is 9.64. The van der Waals surface area contributed by atoms with E-state index in [1.165, 1.54) is 0 Å². The SMILES string of the molecule is CC(C)(O)CN1CCN(CCO)CC1. The number of hydrogen-bond donors (Lipinski definition) is 2. The van der Waals surface area contributed by atoms with Crippen LogP contribution in [-0.2, 0) is 0 Å². The molecule has 0 radical (unpaired) electrons. The van der Waals surface area contributed by atoms with Gasteiger partial charge in [0.1, 0.15) is 0 Å². The highest BCUT2D eigenvalue weighted by molar-refractivity contribution is 4.77. The van der Waals surface area contributed by atoms with Gasteiger partial charge >= 0.3 is 0 Å². The van der Waals surface area contributed by atoms with Crippen molar-refractivity contribution in [2.24, 2.45) is 0 Å². The van der Waals surface area contributed by atoms with Gasteiger partial charge in [-0.2, -0.15) is 0 Å². The van der Waals surface area contributed by atoms with Gasteiger partial charge < -0.3 is 10.2 Å². The van der Waals surface area contributed by atoms with Crippen LogP contribution in [0.4, 0.5) is 0 Å². The number of β-amino-alcohol motifs (C(OH)–C–C–N with tert-alkyl or cyclic N) is 2. The number of hydrogen-bond acceptors (Lipinski definition) is 4. The Labute approximate surface area is 86.1 Å². The normalized spacial score (nSPS) is 21.4.